The number of esters is 2. The van der Waals surface area contributed by atoms with Crippen LogP contribution in [0.3, 0.4) is 0 Å². The van der Waals surface area contributed by atoms with Crippen molar-refractivity contribution in [3.8, 4) is 0 Å². The minimum absolute atomic E-state index is 0.0513. The number of nitrogens with zero attached hydrogens (tertiary/aromatic N) is 3. The molecule has 1 saturated heterocycles. The third-order valence-corrected chi connectivity index (χ3v) is 5.37. The van der Waals surface area contributed by atoms with Gasteiger partial charge in [-0.05, 0) is 6.26 Å². The highest BCUT2D eigenvalue weighted by Crippen LogP contribution is 2.40. The molecule has 3 heterocycles. The lowest BCUT2D eigenvalue weighted by atomic mass is 9.95. The van der Waals surface area contributed by atoms with E-state index in [1.165, 1.54) is 20.8 Å². The number of aromatic nitrogens is 2. The van der Waals surface area contributed by atoms with Crippen LogP contribution in [-0.4, -0.2) is 71.1 Å². The van der Waals surface area contributed by atoms with E-state index in [1.807, 2.05) is 0 Å². The molecule has 31 heavy (non-hydrogen) atoms. The summed E-state index contributed by atoms with van der Waals surface area (Å²) in [5.74, 6) is -2.48. The second-order valence-electron chi connectivity index (χ2n) is 6.96. The molecule has 2 amide bonds. The Morgan fingerprint density at radius 1 is 1.06 bits per heavy atom. The first-order chi connectivity index (χ1) is 14.6. The molecule has 0 radical (unpaired) electrons. The molecule has 2 aliphatic rings. The van der Waals surface area contributed by atoms with Crippen LogP contribution < -0.4 is 15.4 Å². The van der Waals surface area contributed by atoms with Gasteiger partial charge >= 0.3 is 11.9 Å². The summed E-state index contributed by atoms with van der Waals surface area (Å²) >= 11 is 1.15. The van der Waals surface area contributed by atoms with Gasteiger partial charge < -0.3 is 14.2 Å². The SMILES string of the molecule is CSc1nc2c(c(=O)[nH]1)N(C(C)=O)[C@@H]1[C@@H](OC(C)=O)[C@@H](OC(C)=O)CO[C@@H]1N2C(C)=O. The number of rotatable bonds is 3. The van der Waals surface area contributed by atoms with Gasteiger partial charge in [0.2, 0.25) is 11.8 Å². The Morgan fingerprint density at radius 3 is 2.19 bits per heavy atom. The number of aromatic amines is 1. The highest BCUT2D eigenvalue weighted by Gasteiger charge is 2.56. The third kappa shape index (κ3) is 4.14. The molecule has 12 nitrogen and oxygen atoms in total. The summed E-state index contributed by atoms with van der Waals surface area (Å²) in [6.07, 6.45) is -1.69. The smallest absolute Gasteiger partial charge is 0.303 e. The number of nitrogens with one attached hydrogen (secondary N) is 1. The molecule has 0 spiro atoms. The van der Waals surface area contributed by atoms with Crippen molar-refractivity contribution < 1.29 is 33.4 Å². The van der Waals surface area contributed by atoms with Gasteiger partial charge in [-0.15, -0.1) is 0 Å². The van der Waals surface area contributed by atoms with Crippen LogP contribution in [0.4, 0.5) is 11.5 Å². The van der Waals surface area contributed by atoms with Crippen LogP contribution >= 0.6 is 11.8 Å². The fourth-order valence-electron chi connectivity index (χ4n) is 3.80. The molecule has 1 aromatic rings. The Bertz CT molecular complexity index is 995. The van der Waals surface area contributed by atoms with E-state index in [2.05, 4.69) is 9.97 Å². The van der Waals surface area contributed by atoms with E-state index in [-0.39, 0.29) is 23.3 Å². The van der Waals surface area contributed by atoms with E-state index in [4.69, 9.17) is 14.2 Å². The summed E-state index contributed by atoms with van der Waals surface area (Å²) in [5, 5.41) is 0.238. The van der Waals surface area contributed by atoms with Crippen molar-refractivity contribution in [2.45, 2.75) is 57.3 Å². The molecule has 168 valence electrons. The number of fused-ring (bicyclic) bond motifs is 2. The van der Waals surface area contributed by atoms with E-state index in [0.717, 1.165) is 28.5 Å². The maximum absolute atomic E-state index is 12.9. The van der Waals surface area contributed by atoms with E-state index >= 15 is 0 Å². The molecule has 1 aromatic heterocycles. The van der Waals surface area contributed by atoms with Crippen LogP contribution in [0.5, 0.6) is 0 Å². The number of hydrogen-bond donors (Lipinski definition) is 1. The van der Waals surface area contributed by atoms with Gasteiger partial charge in [-0.2, -0.15) is 0 Å². The van der Waals surface area contributed by atoms with Crippen LogP contribution in [0.1, 0.15) is 27.7 Å². The molecule has 1 N–H and O–H groups in total. The van der Waals surface area contributed by atoms with Crippen molar-refractivity contribution in [3.63, 3.8) is 0 Å². The first-order valence-corrected chi connectivity index (χ1v) is 10.5. The van der Waals surface area contributed by atoms with Crippen molar-refractivity contribution in [1.82, 2.24) is 9.97 Å². The zero-order chi connectivity index (χ0) is 23.0. The molecule has 1 fully saturated rings. The Hall–Kier alpha value is -2.93. The van der Waals surface area contributed by atoms with E-state index in [1.54, 1.807) is 6.26 Å². The molecule has 13 heteroatoms. The molecular formula is C18H22N4O8S. The zero-order valence-corrected chi connectivity index (χ0v) is 18.3. The van der Waals surface area contributed by atoms with Gasteiger partial charge in [0.25, 0.3) is 5.56 Å². The average Bonchev–Trinajstić information content (AvgIpc) is 2.66. The fourth-order valence-corrected chi connectivity index (χ4v) is 4.18. The minimum atomic E-state index is -1.20. The number of carbonyl (C=O) groups excluding carboxylic acids is 4. The average molecular weight is 454 g/mol. The molecular weight excluding hydrogens is 432 g/mol. The Labute approximate surface area is 181 Å². The number of ether oxygens (including phenoxy) is 3. The summed E-state index contributed by atoms with van der Waals surface area (Å²) in [7, 11) is 0. The lowest BCUT2D eigenvalue weighted by Crippen LogP contribution is -2.71. The Kier molecular flexibility index (Phi) is 6.36. The second-order valence-corrected chi connectivity index (χ2v) is 7.76. The van der Waals surface area contributed by atoms with Crippen LogP contribution in [0.25, 0.3) is 0 Å². The topological polar surface area (TPSA) is 148 Å². The lowest BCUT2D eigenvalue weighted by molar-refractivity contribution is -0.193. The number of hydrogen-bond acceptors (Lipinski definition) is 10. The predicted octanol–water partition coefficient (Wildman–Crippen LogP) is -0.200. The second kappa shape index (κ2) is 8.67. The van der Waals surface area contributed by atoms with Gasteiger partial charge in [0, 0.05) is 27.7 Å². The minimum Gasteiger partial charge on any atom is -0.456 e. The summed E-state index contributed by atoms with van der Waals surface area (Å²) in [6, 6.07) is -1.15. The standard InChI is InChI=1S/C18H22N4O8S/c1-7(23)21-12-14(30-10(4)26)11(29-9(3)25)6-28-17(12)22(8(2)24)15-13(21)16(27)20-18(19-15)31-5/h11-12,14,17H,6H2,1-5H3,(H,19,20,27)/t11-,12+,14-,17-/m0/s1. The number of anilines is 2. The van der Waals surface area contributed by atoms with Crippen LogP contribution in [0.15, 0.2) is 9.95 Å². The van der Waals surface area contributed by atoms with Crippen LogP contribution in [0.2, 0.25) is 0 Å². The monoisotopic (exact) mass is 454 g/mol. The van der Waals surface area contributed by atoms with Gasteiger partial charge in [-0.3, -0.25) is 38.8 Å². The molecule has 0 saturated carbocycles. The first-order valence-electron chi connectivity index (χ1n) is 9.30. The van der Waals surface area contributed by atoms with Gasteiger partial charge in [0.05, 0.1) is 6.61 Å². The quantitative estimate of drug-likeness (QED) is 0.370. The molecule has 3 rings (SSSR count). The summed E-state index contributed by atoms with van der Waals surface area (Å²) in [4.78, 5) is 70.7. The van der Waals surface area contributed by atoms with Gasteiger partial charge in [0.15, 0.2) is 35.1 Å². The predicted molar refractivity (Wildman–Crippen MR) is 108 cm³/mol. The van der Waals surface area contributed by atoms with Crippen molar-refractivity contribution in [2.24, 2.45) is 0 Å². The molecule has 2 aliphatic heterocycles. The Balaban J connectivity index is 2.26. The molecule has 4 atom stereocenters. The lowest BCUT2D eigenvalue weighted by Gasteiger charge is -2.51. The third-order valence-electron chi connectivity index (χ3n) is 4.79. The Morgan fingerprint density at radius 2 is 1.68 bits per heavy atom. The molecule has 0 bridgehead atoms. The number of H-pyrrole nitrogens is 1. The van der Waals surface area contributed by atoms with E-state index in [0.29, 0.717) is 0 Å². The van der Waals surface area contributed by atoms with Crippen molar-refractivity contribution in [3.05, 3.63) is 10.4 Å². The summed E-state index contributed by atoms with van der Waals surface area (Å²) < 4.78 is 16.5. The van der Waals surface area contributed by atoms with Crippen molar-refractivity contribution >= 4 is 47.0 Å². The summed E-state index contributed by atoms with van der Waals surface area (Å²) in [6.45, 7) is 4.60. The van der Waals surface area contributed by atoms with Crippen molar-refractivity contribution in [1.29, 1.82) is 0 Å². The highest BCUT2D eigenvalue weighted by molar-refractivity contribution is 7.98. The number of carbonyl (C=O) groups is 4. The van der Waals surface area contributed by atoms with Crippen LogP contribution in [0, 0.1) is 0 Å². The zero-order valence-electron chi connectivity index (χ0n) is 17.5. The normalized spacial score (nSPS) is 24.7. The molecule has 0 aliphatic carbocycles. The van der Waals surface area contributed by atoms with Gasteiger partial charge in [0.1, 0.15) is 6.04 Å². The highest BCUT2D eigenvalue weighted by atomic mass is 32.2. The van der Waals surface area contributed by atoms with Crippen molar-refractivity contribution in [2.75, 3.05) is 22.7 Å². The number of amides is 2. The van der Waals surface area contributed by atoms with Crippen LogP contribution in [-0.2, 0) is 33.4 Å². The maximum Gasteiger partial charge on any atom is 0.303 e. The molecule has 0 unspecified atom stereocenters. The van der Waals surface area contributed by atoms with E-state index in [9.17, 15) is 24.0 Å². The largest absolute Gasteiger partial charge is 0.456 e. The summed E-state index contributed by atoms with van der Waals surface area (Å²) in [5.41, 5.74) is -0.851. The van der Waals surface area contributed by atoms with E-state index < -0.39 is 53.8 Å². The fraction of sp³-hybridized carbons (Fsp3) is 0.556. The van der Waals surface area contributed by atoms with Gasteiger partial charge in [-0.1, -0.05) is 11.8 Å². The first kappa shape index (κ1) is 22.7. The number of thioether (sulfide) groups is 1. The molecule has 0 aromatic carbocycles. The van der Waals surface area contributed by atoms with Gasteiger partial charge in [-0.25, -0.2) is 4.98 Å². The maximum atomic E-state index is 12.9.